The van der Waals surface area contributed by atoms with Crippen LogP contribution in [0.5, 0.6) is 5.75 Å². The molecule has 0 heterocycles. The van der Waals surface area contributed by atoms with Gasteiger partial charge in [-0.1, -0.05) is 111 Å². The Morgan fingerprint density at radius 2 is 1.25 bits per heavy atom. The van der Waals surface area contributed by atoms with Crippen molar-refractivity contribution in [1.29, 1.82) is 0 Å². The van der Waals surface area contributed by atoms with Crippen LogP contribution in [0, 0.1) is 11.8 Å². The summed E-state index contributed by atoms with van der Waals surface area (Å²) in [5, 5.41) is 20.3. The molecule has 0 aliphatic carbocycles. The first-order valence-corrected chi connectivity index (χ1v) is 14.4. The van der Waals surface area contributed by atoms with Crippen LogP contribution in [0.4, 0.5) is 0 Å². The maximum absolute atomic E-state index is 12.5. The van der Waals surface area contributed by atoms with Gasteiger partial charge in [-0.3, -0.25) is 9.59 Å². The highest BCUT2D eigenvalue weighted by atomic mass is 16.5. The summed E-state index contributed by atoms with van der Waals surface area (Å²) in [6.07, 6.45) is 12.7. The van der Waals surface area contributed by atoms with Crippen molar-refractivity contribution in [3.05, 3.63) is 29.3 Å². The molecule has 1 aromatic rings. The molecule has 0 saturated heterocycles. The number of benzene rings is 1. The van der Waals surface area contributed by atoms with Gasteiger partial charge in [0.25, 0.3) is 0 Å². The summed E-state index contributed by atoms with van der Waals surface area (Å²) >= 11 is 0. The third-order valence-corrected chi connectivity index (χ3v) is 6.97. The van der Waals surface area contributed by atoms with Crippen LogP contribution in [0.15, 0.2) is 18.2 Å². The lowest BCUT2D eigenvalue weighted by molar-refractivity contribution is -0.140. The highest BCUT2D eigenvalue weighted by molar-refractivity contribution is 5.82. The Morgan fingerprint density at radius 3 is 1.78 bits per heavy atom. The van der Waals surface area contributed by atoms with Gasteiger partial charge in [0.2, 0.25) is 0 Å². The Bertz CT molecular complexity index is 755. The van der Waals surface area contributed by atoms with E-state index in [9.17, 15) is 19.8 Å². The highest BCUT2D eigenvalue weighted by Gasteiger charge is 2.31. The number of hydrogen-bond donors (Lipinski definition) is 2. The molecule has 0 bridgehead atoms. The minimum absolute atomic E-state index is 0.483. The molecule has 0 aliphatic rings. The lowest BCUT2D eigenvalue weighted by Crippen LogP contribution is -2.20. The van der Waals surface area contributed by atoms with Gasteiger partial charge in [-0.25, -0.2) is 0 Å². The number of unbranched alkanes of at least 4 members (excludes halogenated alkanes) is 6. The van der Waals surface area contributed by atoms with Gasteiger partial charge in [0.15, 0.2) is 0 Å². The fourth-order valence-electron chi connectivity index (χ4n) is 4.87. The van der Waals surface area contributed by atoms with Crippen molar-refractivity contribution in [2.75, 3.05) is 6.61 Å². The number of hydrogen-bond acceptors (Lipinski definition) is 3. The van der Waals surface area contributed by atoms with Crippen LogP contribution in [0.1, 0.15) is 141 Å². The Kier molecular flexibility index (Phi) is 16.2. The van der Waals surface area contributed by atoms with Gasteiger partial charge in [0.05, 0.1) is 18.4 Å². The van der Waals surface area contributed by atoms with E-state index in [0.717, 1.165) is 38.5 Å². The molecule has 0 fully saturated rings. The predicted octanol–water partition coefficient (Wildman–Crippen LogP) is 8.81. The molecule has 0 saturated carbocycles. The van der Waals surface area contributed by atoms with Crippen molar-refractivity contribution in [2.45, 2.75) is 130 Å². The molecule has 206 valence electrons. The van der Waals surface area contributed by atoms with Crippen LogP contribution < -0.4 is 4.74 Å². The number of aliphatic carboxylic acids is 2. The molecule has 5 nitrogen and oxygen atoms in total. The maximum Gasteiger partial charge on any atom is 0.311 e. The van der Waals surface area contributed by atoms with Gasteiger partial charge >= 0.3 is 11.9 Å². The van der Waals surface area contributed by atoms with Crippen LogP contribution in [0.3, 0.4) is 0 Å². The second-order valence-corrected chi connectivity index (χ2v) is 11.2. The number of carboxylic acids is 2. The molecule has 0 radical (unpaired) electrons. The summed E-state index contributed by atoms with van der Waals surface area (Å²) in [5.41, 5.74) is 1.19. The minimum atomic E-state index is -0.904. The predicted molar refractivity (Wildman–Crippen MR) is 148 cm³/mol. The molecule has 36 heavy (non-hydrogen) atoms. The fourth-order valence-corrected chi connectivity index (χ4v) is 4.87. The van der Waals surface area contributed by atoms with Crippen molar-refractivity contribution in [1.82, 2.24) is 0 Å². The number of ether oxygens (including phenoxy) is 1. The second-order valence-electron chi connectivity index (χ2n) is 11.2. The summed E-state index contributed by atoms with van der Waals surface area (Å²) in [6, 6.07) is 5.46. The van der Waals surface area contributed by atoms with Gasteiger partial charge < -0.3 is 14.9 Å². The molecule has 1 aromatic carbocycles. The molecule has 0 amide bonds. The summed E-state index contributed by atoms with van der Waals surface area (Å²) in [5.74, 6) is -1.76. The monoisotopic (exact) mass is 504 g/mol. The summed E-state index contributed by atoms with van der Waals surface area (Å²) in [4.78, 5) is 24.8. The van der Waals surface area contributed by atoms with Crippen LogP contribution in [-0.4, -0.2) is 28.8 Å². The molecule has 5 heteroatoms. The number of carbonyl (C=O) groups is 2. The van der Waals surface area contributed by atoms with E-state index in [2.05, 4.69) is 34.6 Å². The Labute approximate surface area is 220 Å². The van der Waals surface area contributed by atoms with Gasteiger partial charge in [-0.15, -0.1) is 0 Å². The maximum atomic E-state index is 12.5. The van der Waals surface area contributed by atoms with Gasteiger partial charge in [0, 0.05) is 5.56 Å². The minimum Gasteiger partial charge on any atom is -0.493 e. The topological polar surface area (TPSA) is 83.8 Å². The smallest absolute Gasteiger partial charge is 0.311 e. The second kappa shape index (κ2) is 18.2. The van der Waals surface area contributed by atoms with Crippen LogP contribution in [0.2, 0.25) is 0 Å². The molecule has 0 aliphatic heterocycles. The SMILES string of the molecule is CCCCCCCCCOc1cccc(C(CCCC(C)C)C(=O)O)c1C(CCCC(C)C)C(=O)O. The lowest BCUT2D eigenvalue weighted by Gasteiger charge is -2.24. The standard InChI is InChI=1S/C31H52O5/c1-6-7-8-9-10-11-12-22-36-28-21-15-18-25(26(30(32)33)19-13-16-23(2)3)29(28)27(31(34)35)20-14-17-24(4)5/h15,18,21,23-24,26-27H,6-14,16-17,19-20,22H2,1-5H3,(H,32,33)(H,34,35). The van der Waals surface area contributed by atoms with Crippen LogP contribution in [-0.2, 0) is 9.59 Å². The first kappa shape index (κ1) is 32.0. The zero-order valence-electron chi connectivity index (χ0n) is 23.6. The normalized spacial score (nSPS) is 13.2. The third kappa shape index (κ3) is 12.3. The van der Waals surface area contributed by atoms with Crippen molar-refractivity contribution in [2.24, 2.45) is 11.8 Å². The molecular weight excluding hydrogens is 452 g/mol. The van der Waals surface area contributed by atoms with Crippen molar-refractivity contribution in [3.63, 3.8) is 0 Å². The van der Waals surface area contributed by atoms with E-state index in [4.69, 9.17) is 4.74 Å². The average molecular weight is 505 g/mol. The molecule has 0 aromatic heterocycles. The summed E-state index contributed by atoms with van der Waals surface area (Å²) in [7, 11) is 0. The van der Waals surface area contributed by atoms with Crippen LogP contribution >= 0.6 is 0 Å². The van der Waals surface area contributed by atoms with Crippen LogP contribution in [0.25, 0.3) is 0 Å². The van der Waals surface area contributed by atoms with E-state index < -0.39 is 23.8 Å². The Morgan fingerprint density at radius 1 is 0.722 bits per heavy atom. The molecule has 2 N–H and O–H groups in total. The molecule has 1 rings (SSSR count). The van der Waals surface area contributed by atoms with E-state index in [1.807, 2.05) is 18.2 Å². The van der Waals surface area contributed by atoms with Crippen molar-refractivity contribution >= 4 is 11.9 Å². The van der Waals surface area contributed by atoms with Crippen molar-refractivity contribution < 1.29 is 24.5 Å². The fraction of sp³-hybridized carbons (Fsp3) is 0.742. The Balaban J connectivity index is 3.16. The zero-order chi connectivity index (χ0) is 26.9. The van der Waals surface area contributed by atoms with Gasteiger partial charge in [-0.2, -0.15) is 0 Å². The van der Waals surface area contributed by atoms with E-state index in [-0.39, 0.29) is 0 Å². The van der Waals surface area contributed by atoms with Gasteiger partial charge in [0.1, 0.15) is 5.75 Å². The number of rotatable bonds is 21. The van der Waals surface area contributed by atoms with E-state index >= 15 is 0 Å². The quantitative estimate of drug-likeness (QED) is 0.163. The van der Waals surface area contributed by atoms with Crippen molar-refractivity contribution in [3.8, 4) is 5.75 Å². The third-order valence-electron chi connectivity index (χ3n) is 6.97. The zero-order valence-corrected chi connectivity index (χ0v) is 23.6. The molecule has 0 spiro atoms. The van der Waals surface area contributed by atoms with Gasteiger partial charge in [-0.05, 0) is 42.7 Å². The highest BCUT2D eigenvalue weighted by Crippen LogP contribution is 2.39. The molecule has 2 unspecified atom stereocenters. The first-order valence-electron chi connectivity index (χ1n) is 14.4. The average Bonchev–Trinajstić information content (AvgIpc) is 2.80. The summed E-state index contributed by atoms with van der Waals surface area (Å²) < 4.78 is 6.18. The summed E-state index contributed by atoms with van der Waals surface area (Å²) in [6.45, 7) is 11.3. The number of carboxylic acid groups (broad SMARTS) is 2. The Hall–Kier alpha value is -2.04. The largest absolute Gasteiger partial charge is 0.493 e. The first-order chi connectivity index (χ1) is 17.2. The lowest BCUT2D eigenvalue weighted by atomic mass is 9.81. The van der Waals surface area contributed by atoms with E-state index in [1.54, 1.807) is 0 Å². The molecular formula is C31H52O5. The van der Waals surface area contributed by atoms with E-state index in [0.29, 0.717) is 48.2 Å². The molecule has 2 atom stereocenters. The van der Waals surface area contributed by atoms with E-state index in [1.165, 1.54) is 32.1 Å².